The van der Waals surface area contributed by atoms with Crippen molar-refractivity contribution >= 4 is 20.6 Å². The molecule has 0 aliphatic carbocycles. The van der Waals surface area contributed by atoms with Gasteiger partial charge in [-0.05, 0) is 51.9 Å². The molecule has 2 heteroatoms. The van der Waals surface area contributed by atoms with Crippen LogP contribution < -0.4 is 0 Å². The Bertz CT molecular complexity index is 344. The highest BCUT2D eigenvalue weighted by Crippen LogP contribution is 2.22. The molecular formula is C13H17BrO. The quantitative estimate of drug-likeness (QED) is 0.757. The van der Waals surface area contributed by atoms with E-state index in [1.807, 2.05) is 0 Å². The molecule has 1 aromatic rings. The second-order valence-corrected chi connectivity index (χ2v) is 4.34. The number of benzene rings is 1. The Morgan fingerprint density at radius 2 is 1.53 bits per heavy atom. The van der Waals surface area contributed by atoms with E-state index in [1.165, 1.54) is 5.56 Å². The maximum atomic E-state index is 11.5. The molecule has 0 aromatic heterocycles. The van der Waals surface area contributed by atoms with Gasteiger partial charge in [0.25, 0.3) is 0 Å². The van der Waals surface area contributed by atoms with Crippen LogP contribution in [0.25, 0.3) is 0 Å². The SMILES string of the molecule is CCc1cc(CC)c(C(=O)Br)c(CC)c1. The number of carbonyl (C=O) groups is 1. The number of rotatable bonds is 4. The van der Waals surface area contributed by atoms with E-state index in [2.05, 4.69) is 48.8 Å². The predicted molar refractivity (Wildman–Crippen MR) is 67.8 cm³/mol. The predicted octanol–water partition coefficient (Wildman–Crippen LogP) is 3.91. The van der Waals surface area contributed by atoms with E-state index < -0.39 is 0 Å². The summed E-state index contributed by atoms with van der Waals surface area (Å²) in [6.45, 7) is 6.32. The van der Waals surface area contributed by atoms with Crippen LogP contribution in [0, 0.1) is 0 Å². The summed E-state index contributed by atoms with van der Waals surface area (Å²) < 4.78 is 0.0128. The topological polar surface area (TPSA) is 17.1 Å². The van der Waals surface area contributed by atoms with E-state index in [9.17, 15) is 4.79 Å². The van der Waals surface area contributed by atoms with Crippen molar-refractivity contribution in [2.45, 2.75) is 40.0 Å². The lowest BCUT2D eigenvalue weighted by Crippen LogP contribution is -2.03. The van der Waals surface area contributed by atoms with Crippen LogP contribution in [-0.4, -0.2) is 4.69 Å². The molecule has 0 aliphatic rings. The Labute approximate surface area is 100 Å². The minimum absolute atomic E-state index is 0.0128. The van der Waals surface area contributed by atoms with Crippen molar-refractivity contribution in [3.63, 3.8) is 0 Å². The highest BCUT2D eigenvalue weighted by atomic mass is 79.9. The Hall–Kier alpha value is -0.630. The van der Waals surface area contributed by atoms with Gasteiger partial charge in [0.1, 0.15) is 0 Å². The number of hydrogen-bond donors (Lipinski definition) is 0. The maximum absolute atomic E-state index is 11.5. The van der Waals surface area contributed by atoms with Crippen LogP contribution >= 0.6 is 15.9 Å². The molecule has 0 spiro atoms. The molecule has 0 bridgehead atoms. The van der Waals surface area contributed by atoms with Crippen molar-refractivity contribution in [2.75, 3.05) is 0 Å². The molecule has 1 rings (SSSR count). The lowest BCUT2D eigenvalue weighted by molar-refractivity contribution is 0.109. The molecule has 1 nitrogen and oxygen atoms in total. The molecule has 0 saturated carbocycles. The summed E-state index contributed by atoms with van der Waals surface area (Å²) in [4.78, 5) is 11.5. The Balaban J connectivity index is 3.39. The van der Waals surface area contributed by atoms with Gasteiger partial charge in [-0.15, -0.1) is 0 Å². The van der Waals surface area contributed by atoms with Crippen LogP contribution in [0.3, 0.4) is 0 Å². The molecule has 0 unspecified atom stereocenters. The van der Waals surface area contributed by atoms with Gasteiger partial charge in [0.2, 0.25) is 4.69 Å². The molecule has 0 atom stereocenters. The number of aryl methyl sites for hydroxylation is 3. The zero-order valence-corrected chi connectivity index (χ0v) is 11.1. The fraction of sp³-hybridized carbons (Fsp3) is 0.462. The van der Waals surface area contributed by atoms with E-state index in [4.69, 9.17) is 0 Å². The van der Waals surface area contributed by atoms with E-state index in [0.717, 1.165) is 36.0 Å². The third-order valence-electron chi connectivity index (χ3n) is 2.73. The Morgan fingerprint density at radius 1 is 1.07 bits per heavy atom. The zero-order chi connectivity index (χ0) is 11.4. The van der Waals surface area contributed by atoms with Gasteiger partial charge in [0, 0.05) is 5.56 Å². The van der Waals surface area contributed by atoms with Crippen molar-refractivity contribution in [1.82, 2.24) is 0 Å². The van der Waals surface area contributed by atoms with Crippen molar-refractivity contribution in [1.29, 1.82) is 0 Å². The van der Waals surface area contributed by atoms with Crippen LogP contribution in [-0.2, 0) is 19.3 Å². The maximum Gasteiger partial charge on any atom is 0.228 e. The van der Waals surface area contributed by atoms with Gasteiger partial charge in [0.05, 0.1) is 0 Å². The van der Waals surface area contributed by atoms with Crippen molar-refractivity contribution < 1.29 is 4.79 Å². The summed E-state index contributed by atoms with van der Waals surface area (Å²) in [5.74, 6) is 0. The average Bonchev–Trinajstić information content (AvgIpc) is 2.26. The van der Waals surface area contributed by atoms with Crippen LogP contribution in [0.1, 0.15) is 47.8 Å². The summed E-state index contributed by atoms with van der Waals surface area (Å²) in [6, 6.07) is 4.29. The highest BCUT2D eigenvalue weighted by molar-refractivity contribution is 9.18. The summed E-state index contributed by atoms with van der Waals surface area (Å²) in [5, 5.41) is 0. The van der Waals surface area contributed by atoms with Crippen molar-refractivity contribution in [2.24, 2.45) is 0 Å². The third kappa shape index (κ3) is 2.69. The normalized spacial score (nSPS) is 10.4. The molecule has 0 aliphatic heterocycles. The van der Waals surface area contributed by atoms with E-state index in [0.29, 0.717) is 0 Å². The molecule has 1 aromatic carbocycles. The first-order valence-electron chi connectivity index (χ1n) is 5.48. The van der Waals surface area contributed by atoms with Crippen molar-refractivity contribution in [3.8, 4) is 0 Å². The molecular weight excluding hydrogens is 252 g/mol. The number of hydrogen-bond acceptors (Lipinski definition) is 1. The number of halogens is 1. The van der Waals surface area contributed by atoms with Gasteiger partial charge in [0.15, 0.2) is 0 Å². The van der Waals surface area contributed by atoms with E-state index >= 15 is 0 Å². The van der Waals surface area contributed by atoms with Crippen LogP contribution in [0.15, 0.2) is 12.1 Å². The summed E-state index contributed by atoms with van der Waals surface area (Å²) in [7, 11) is 0. The first-order chi connectivity index (χ1) is 7.13. The third-order valence-corrected chi connectivity index (χ3v) is 3.12. The highest BCUT2D eigenvalue weighted by Gasteiger charge is 2.13. The molecule has 82 valence electrons. The van der Waals surface area contributed by atoms with Gasteiger partial charge in [-0.3, -0.25) is 4.79 Å². The molecule has 0 radical (unpaired) electrons. The largest absolute Gasteiger partial charge is 0.281 e. The van der Waals surface area contributed by atoms with Gasteiger partial charge in [-0.25, -0.2) is 0 Å². The number of carbonyl (C=O) groups excluding carboxylic acids is 1. The van der Waals surface area contributed by atoms with Crippen LogP contribution in [0.4, 0.5) is 0 Å². The summed E-state index contributed by atoms with van der Waals surface area (Å²) in [6.07, 6.45) is 2.85. The smallest absolute Gasteiger partial charge is 0.228 e. The first-order valence-corrected chi connectivity index (χ1v) is 6.27. The van der Waals surface area contributed by atoms with E-state index in [-0.39, 0.29) is 4.69 Å². The van der Waals surface area contributed by atoms with Gasteiger partial charge < -0.3 is 0 Å². The molecule has 0 amide bonds. The first kappa shape index (κ1) is 12.4. The average molecular weight is 269 g/mol. The molecule has 0 fully saturated rings. The minimum Gasteiger partial charge on any atom is -0.281 e. The van der Waals surface area contributed by atoms with Crippen LogP contribution in [0.5, 0.6) is 0 Å². The second kappa shape index (κ2) is 5.45. The Kier molecular flexibility index (Phi) is 4.52. The van der Waals surface area contributed by atoms with Gasteiger partial charge >= 0.3 is 0 Å². The monoisotopic (exact) mass is 268 g/mol. The lowest BCUT2D eigenvalue weighted by atomic mass is 9.94. The summed E-state index contributed by atoms with van der Waals surface area (Å²) in [5.41, 5.74) is 4.51. The fourth-order valence-corrected chi connectivity index (χ4v) is 2.36. The molecule has 0 N–H and O–H groups in total. The van der Waals surface area contributed by atoms with Crippen LogP contribution in [0.2, 0.25) is 0 Å². The molecule has 0 heterocycles. The molecule has 15 heavy (non-hydrogen) atoms. The summed E-state index contributed by atoms with van der Waals surface area (Å²) >= 11 is 3.07. The van der Waals surface area contributed by atoms with E-state index in [1.54, 1.807) is 0 Å². The standard InChI is InChI=1S/C13H17BrO/c1-4-9-7-10(5-2)12(13(14)15)11(6-3)8-9/h7-8H,4-6H2,1-3H3. The lowest BCUT2D eigenvalue weighted by Gasteiger charge is -2.12. The van der Waals surface area contributed by atoms with Gasteiger partial charge in [-0.2, -0.15) is 0 Å². The minimum atomic E-state index is 0.0128. The fourth-order valence-electron chi connectivity index (χ4n) is 1.85. The van der Waals surface area contributed by atoms with Gasteiger partial charge in [-0.1, -0.05) is 32.9 Å². The van der Waals surface area contributed by atoms with Crippen molar-refractivity contribution in [3.05, 3.63) is 34.4 Å². The molecule has 0 saturated heterocycles. The Morgan fingerprint density at radius 3 is 1.80 bits per heavy atom. The second-order valence-electron chi connectivity index (χ2n) is 3.62. The zero-order valence-electron chi connectivity index (χ0n) is 9.56.